The van der Waals surface area contributed by atoms with Gasteiger partial charge < -0.3 is 4.98 Å². The summed E-state index contributed by atoms with van der Waals surface area (Å²) in [6.07, 6.45) is 9.33. The molecule has 1 heterocycles. The molecule has 1 rings (SSSR count). The molecule has 0 spiro atoms. The summed E-state index contributed by atoms with van der Waals surface area (Å²) in [5, 5.41) is 0. The van der Waals surface area contributed by atoms with Crippen molar-refractivity contribution in [3.05, 3.63) is 49.3 Å². The van der Waals surface area contributed by atoms with E-state index >= 15 is 0 Å². The van der Waals surface area contributed by atoms with Gasteiger partial charge in [0.25, 0.3) is 0 Å². The van der Waals surface area contributed by atoms with Crippen LogP contribution in [0.1, 0.15) is 6.92 Å². The number of hydrogen-bond acceptors (Lipinski definition) is 0. The van der Waals surface area contributed by atoms with Gasteiger partial charge in [0.15, 0.2) is 0 Å². The third-order valence-electron chi connectivity index (χ3n) is 0.825. The number of nitrogens with one attached hydrogen (secondary N) is 1. The van der Waals surface area contributed by atoms with E-state index in [0.717, 1.165) is 0 Å². The van der Waals surface area contributed by atoms with Crippen LogP contribution in [-0.2, 0) is 19.5 Å². The van der Waals surface area contributed by atoms with E-state index in [1.807, 2.05) is 43.6 Å². The molecule has 11 heavy (non-hydrogen) atoms. The fourth-order valence-electron chi connectivity index (χ4n) is 0.414. The van der Waals surface area contributed by atoms with E-state index in [1.165, 1.54) is 0 Å². The zero-order valence-corrected chi connectivity index (χ0v) is 8.34. The molecule has 1 aromatic heterocycles. The van der Waals surface area contributed by atoms with Gasteiger partial charge >= 0.3 is 0 Å². The number of aromatic amines is 1. The molecule has 1 nitrogen and oxygen atoms in total. The molecule has 0 unspecified atom stereocenters. The van der Waals surface area contributed by atoms with E-state index in [0.29, 0.717) is 0 Å². The average Bonchev–Trinajstić information content (AvgIpc) is 2.44. The normalized spacial score (nSPS) is 7.73. The van der Waals surface area contributed by atoms with E-state index < -0.39 is 0 Å². The Balaban J connectivity index is 0. The molecule has 0 radical (unpaired) electrons. The van der Waals surface area contributed by atoms with E-state index in [2.05, 4.69) is 11.6 Å². The second kappa shape index (κ2) is 12.1. The van der Waals surface area contributed by atoms with Crippen molar-refractivity contribution in [1.29, 1.82) is 0 Å². The minimum absolute atomic E-state index is 0. The zero-order chi connectivity index (χ0) is 7.66. The molecule has 1 N–H and O–H groups in total. The zero-order valence-electron chi connectivity index (χ0n) is 6.60. The Morgan fingerprint density at radius 2 is 1.82 bits per heavy atom. The fourth-order valence-corrected chi connectivity index (χ4v) is 0.414. The Bertz CT molecular complexity index is 148. The molecule has 2 heteroatoms. The maximum Gasteiger partial charge on any atom is 0.000496 e. The first kappa shape index (κ1) is 13.0. The van der Waals surface area contributed by atoms with Crippen molar-refractivity contribution >= 4 is 0 Å². The van der Waals surface area contributed by atoms with Gasteiger partial charge in [0, 0.05) is 31.9 Å². The topological polar surface area (TPSA) is 15.8 Å². The minimum atomic E-state index is 0. The fraction of sp³-hybridized carbons (Fsp3) is 0.111. The van der Waals surface area contributed by atoms with E-state index in [-0.39, 0.29) is 19.5 Å². The van der Waals surface area contributed by atoms with Gasteiger partial charge in [-0.2, -0.15) is 0 Å². The van der Waals surface area contributed by atoms with Crippen molar-refractivity contribution in [3.63, 3.8) is 0 Å². The number of H-pyrrole nitrogens is 1. The Hall–Kier alpha value is -0.617. The largest absolute Gasteiger partial charge is 0.368 e. The Kier molecular flexibility index (Phi) is 14.3. The molecule has 0 bridgehead atoms. The number of rotatable bonds is 1. The van der Waals surface area contributed by atoms with Crippen LogP contribution in [0.5, 0.6) is 0 Å². The van der Waals surface area contributed by atoms with Crippen LogP contribution in [0.4, 0.5) is 0 Å². The molecule has 0 atom stereocenters. The molecule has 62 valence electrons. The van der Waals surface area contributed by atoms with Gasteiger partial charge in [-0.25, -0.2) is 0 Å². The summed E-state index contributed by atoms with van der Waals surface area (Å²) in [6.45, 7) is 5.42. The van der Waals surface area contributed by atoms with Gasteiger partial charge in [-0.3, -0.25) is 0 Å². The molecule has 0 fully saturated rings. The molecule has 0 aromatic carbocycles. The maximum absolute atomic E-state index is 3.46. The third-order valence-corrected chi connectivity index (χ3v) is 0.825. The molecule has 0 saturated carbocycles. The van der Waals surface area contributed by atoms with Crippen molar-refractivity contribution < 1.29 is 19.5 Å². The second-order valence-corrected chi connectivity index (χ2v) is 1.65. The van der Waals surface area contributed by atoms with Gasteiger partial charge in [-0.05, 0) is 19.1 Å². The summed E-state index contributed by atoms with van der Waals surface area (Å²) in [6, 6.07) is 3.89. The van der Waals surface area contributed by atoms with Crippen LogP contribution >= 0.6 is 0 Å². The number of aromatic nitrogens is 1. The maximum atomic E-state index is 3.46. The molecular weight excluding hydrogens is 223 g/mol. The second-order valence-electron chi connectivity index (χ2n) is 1.65. The molecule has 0 aliphatic heterocycles. The van der Waals surface area contributed by atoms with Gasteiger partial charge in [0.05, 0.1) is 0 Å². The van der Waals surface area contributed by atoms with Crippen molar-refractivity contribution in [2.75, 3.05) is 0 Å². The van der Waals surface area contributed by atoms with Crippen molar-refractivity contribution in [1.82, 2.24) is 4.98 Å². The molecular formula is C9H13NRu. The van der Waals surface area contributed by atoms with Crippen molar-refractivity contribution in [2.45, 2.75) is 6.92 Å². The molecule has 0 amide bonds. The van der Waals surface area contributed by atoms with Crippen LogP contribution in [-0.4, -0.2) is 4.98 Å². The van der Waals surface area contributed by atoms with E-state index in [4.69, 9.17) is 0 Å². The minimum Gasteiger partial charge on any atom is -0.368 e. The standard InChI is InChI=1S/C5H8.C4H5N.Ru/c1-3-5-4-2;1-2-4-5-3-1;/h3-5H,1H2,2H3;1-5H;. The first-order valence-corrected chi connectivity index (χ1v) is 3.23. The monoisotopic (exact) mass is 237 g/mol. The molecule has 0 aliphatic rings. The first-order chi connectivity index (χ1) is 4.91. The number of hydrogen-bond donors (Lipinski definition) is 1. The average molecular weight is 236 g/mol. The summed E-state index contributed by atoms with van der Waals surface area (Å²) in [5.41, 5.74) is 0. The van der Waals surface area contributed by atoms with Gasteiger partial charge in [0.1, 0.15) is 0 Å². The number of allylic oxidation sites excluding steroid dienone is 3. The van der Waals surface area contributed by atoms with Crippen LogP contribution in [0, 0.1) is 0 Å². The van der Waals surface area contributed by atoms with Gasteiger partial charge in [0.2, 0.25) is 0 Å². The summed E-state index contributed by atoms with van der Waals surface area (Å²) < 4.78 is 0. The Labute approximate surface area is 81.0 Å². The predicted octanol–water partition coefficient (Wildman–Crippen LogP) is 2.76. The Morgan fingerprint density at radius 3 is 1.91 bits per heavy atom. The van der Waals surface area contributed by atoms with Gasteiger partial charge in [-0.1, -0.05) is 24.8 Å². The van der Waals surface area contributed by atoms with Crippen LogP contribution in [0.3, 0.4) is 0 Å². The molecule has 1 aromatic rings. The van der Waals surface area contributed by atoms with Crippen LogP contribution in [0.25, 0.3) is 0 Å². The molecule has 0 aliphatic carbocycles. The van der Waals surface area contributed by atoms with Crippen LogP contribution in [0.15, 0.2) is 49.3 Å². The first-order valence-electron chi connectivity index (χ1n) is 3.23. The van der Waals surface area contributed by atoms with E-state index in [9.17, 15) is 0 Å². The van der Waals surface area contributed by atoms with Crippen LogP contribution in [0.2, 0.25) is 0 Å². The van der Waals surface area contributed by atoms with Crippen LogP contribution < -0.4 is 0 Å². The quantitative estimate of drug-likeness (QED) is 0.570. The predicted molar refractivity (Wildman–Crippen MR) is 45.8 cm³/mol. The SMILES string of the molecule is C=CC=CC.[Ru].c1cc[nH]c1. The Morgan fingerprint density at radius 1 is 1.27 bits per heavy atom. The van der Waals surface area contributed by atoms with Gasteiger partial charge in [-0.15, -0.1) is 0 Å². The summed E-state index contributed by atoms with van der Waals surface area (Å²) in [7, 11) is 0. The van der Waals surface area contributed by atoms with Crippen molar-refractivity contribution in [2.24, 2.45) is 0 Å². The third kappa shape index (κ3) is 12.6. The van der Waals surface area contributed by atoms with Crippen molar-refractivity contribution in [3.8, 4) is 0 Å². The summed E-state index contributed by atoms with van der Waals surface area (Å²) >= 11 is 0. The smallest absolute Gasteiger partial charge is 0.000496 e. The summed E-state index contributed by atoms with van der Waals surface area (Å²) in [5.74, 6) is 0. The molecule has 0 saturated heterocycles. The van der Waals surface area contributed by atoms with E-state index in [1.54, 1.807) is 6.08 Å². The summed E-state index contributed by atoms with van der Waals surface area (Å²) in [4.78, 5) is 2.86.